The zero-order valence-corrected chi connectivity index (χ0v) is 19.1. The molecule has 0 spiro atoms. The smallest absolute Gasteiger partial charge is 0.323 e. The van der Waals surface area contributed by atoms with E-state index >= 15 is 0 Å². The molecule has 186 valence electrons. The second-order valence-corrected chi connectivity index (χ2v) is 8.38. The van der Waals surface area contributed by atoms with E-state index in [1.54, 1.807) is 53.1 Å². The van der Waals surface area contributed by atoms with Gasteiger partial charge in [-0.2, -0.15) is 0 Å². The predicted octanol–water partition coefficient (Wildman–Crippen LogP) is 1.85. The maximum absolute atomic E-state index is 12.3. The minimum atomic E-state index is -0.798. The number of rotatable bonds is 6. The van der Waals surface area contributed by atoms with Crippen molar-refractivity contribution in [2.45, 2.75) is 31.5 Å². The molecule has 1 fully saturated rings. The van der Waals surface area contributed by atoms with E-state index in [9.17, 15) is 15.0 Å². The van der Waals surface area contributed by atoms with Crippen molar-refractivity contribution in [1.82, 2.24) is 19.5 Å². The number of fused-ring (bicyclic) bond motifs is 1. The fraction of sp³-hybridized carbons (Fsp3) is 0.250. The van der Waals surface area contributed by atoms with Crippen LogP contribution in [-0.4, -0.2) is 59.7 Å². The molecule has 2 aromatic heterocycles. The quantitative estimate of drug-likeness (QED) is 0.234. The fourth-order valence-electron chi connectivity index (χ4n) is 4.02. The zero-order valence-electron chi connectivity index (χ0n) is 19.1. The second kappa shape index (κ2) is 9.87. The minimum Gasteiger partial charge on any atom is -0.394 e. The molecule has 1 saturated heterocycles. The van der Waals surface area contributed by atoms with Crippen LogP contribution >= 0.6 is 0 Å². The number of amides is 2. The summed E-state index contributed by atoms with van der Waals surface area (Å²) in [7, 11) is 0. The van der Waals surface area contributed by atoms with Crippen molar-refractivity contribution >= 4 is 34.4 Å². The SMILES string of the molecule is Nc1nc(-c2ccc(NC(=O)Nc3ccc(CO)cc3)cc2)nc2c1ncn2[C@H]1C[C@@H](O)[C@@H](CO)O1. The zero-order chi connectivity index (χ0) is 25.2. The minimum absolute atomic E-state index is 0.0644. The van der Waals surface area contributed by atoms with Crippen LogP contribution < -0.4 is 16.4 Å². The highest BCUT2D eigenvalue weighted by atomic mass is 16.5. The number of nitrogens with two attached hydrogens (primary N) is 1. The molecule has 3 atom stereocenters. The van der Waals surface area contributed by atoms with Gasteiger partial charge in [-0.15, -0.1) is 0 Å². The number of nitrogen functional groups attached to an aromatic ring is 1. The Morgan fingerprint density at radius 3 is 2.33 bits per heavy atom. The molecule has 0 saturated carbocycles. The van der Waals surface area contributed by atoms with Gasteiger partial charge in [0, 0.05) is 23.4 Å². The molecule has 2 aromatic carbocycles. The first kappa shape index (κ1) is 23.6. The van der Waals surface area contributed by atoms with Gasteiger partial charge in [0.05, 0.1) is 25.6 Å². The molecule has 1 aliphatic heterocycles. The lowest BCUT2D eigenvalue weighted by Crippen LogP contribution is -2.24. The van der Waals surface area contributed by atoms with Crippen LogP contribution in [0.15, 0.2) is 54.9 Å². The van der Waals surface area contributed by atoms with Gasteiger partial charge < -0.3 is 36.4 Å². The summed E-state index contributed by atoms with van der Waals surface area (Å²) in [4.78, 5) is 25.6. The molecule has 1 aliphatic rings. The average Bonchev–Trinajstić information content (AvgIpc) is 3.48. The maximum Gasteiger partial charge on any atom is 0.323 e. The van der Waals surface area contributed by atoms with Crippen LogP contribution in [0.5, 0.6) is 0 Å². The monoisotopic (exact) mass is 491 g/mol. The number of carbonyl (C=O) groups is 1. The van der Waals surface area contributed by atoms with E-state index < -0.39 is 24.5 Å². The first-order valence-electron chi connectivity index (χ1n) is 11.3. The number of aliphatic hydroxyl groups is 3. The van der Waals surface area contributed by atoms with E-state index in [0.29, 0.717) is 33.9 Å². The number of urea groups is 1. The van der Waals surface area contributed by atoms with E-state index in [1.165, 1.54) is 6.33 Å². The summed E-state index contributed by atoms with van der Waals surface area (Å²) in [5.74, 6) is 0.554. The molecule has 36 heavy (non-hydrogen) atoms. The summed E-state index contributed by atoms with van der Waals surface area (Å²) < 4.78 is 7.40. The summed E-state index contributed by atoms with van der Waals surface area (Å²) in [5, 5.41) is 34.1. The van der Waals surface area contributed by atoms with Crippen LogP contribution in [0.2, 0.25) is 0 Å². The number of nitrogens with one attached hydrogen (secondary N) is 2. The third kappa shape index (κ3) is 4.70. The van der Waals surface area contributed by atoms with Crippen LogP contribution in [0.1, 0.15) is 18.2 Å². The van der Waals surface area contributed by atoms with Crippen molar-refractivity contribution in [2.75, 3.05) is 23.0 Å². The molecule has 3 heterocycles. The summed E-state index contributed by atoms with van der Waals surface area (Å²) >= 11 is 0. The van der Waals surface area contributed by atoms with Crippen molar-refractivity contribution in [3.63, 3.8) is 0 Å². The topological polar surface area (TPSA) is 181 Å². The van der Waals surface area contributed by atoms with Gasteiger partial charge in [0.25, 0.3) is 0 Å². The second-order valence-electron chi connectivity index (χ2n) is 8.38. The fourth-order valence-corrected chi connectivity index (χ4v) is 4.02. The Bertz CT molecular complexity index is 1370. The molecule has 12 nitrogen and oxygen atoms in total. The standard InChI is InChI=1S/C24H25N7O5/c25-21-20-23(31(12-26-20)19-9-17(34)18(11-33)36-19)30-22(29-21)14-3-7-16(8-4-14)28-24(35)27-15-5-1-13(10-32)2-6-15/h1-8,12,17-19,32-34H,9-11H2,(H2,25,29,30)(H2,27,28,35)/t17-,18-,19-/m1/s1. The Morgan fingerprint density at radius 1 is 1.06 bits per heavy atom. The molecular weight excluding hydrogens is 466 g/mol. The number of aliphatic hydroxyl groups excluding tert-OH is 3. The highest BCUT2D eigenvalue weighted by Gasteiger charge is 2.35. The molecule has 5 rings (SSSR count). The van der Waals surface area contributed by atoms with Crippen LogP contribution in [0.25, 0.3) is 22.6 Å². The Morgan fingerprint density at radius 2 is 1.72 bits per heavy atom. The van der Waals surface area contributed by atoms with Crippen molar-refractivity contribution < 1.29 is 24.9 Å². The van der Waals surface area contributed by atoms with Gasteiger partial charge in [-0.25, -0.2) is 19.7 Å². The van der Waals surface area contributed by atoms with Gasteiger partial charge in [0.2, 0.25) is 0 Å². The molecular formula is C24H25N7O5. The number of anilines is 3. The number of nitrogens with zero attached hydrogens (tertiary/aromatic N) is 4. The van der Waals surface area contributed by atoms with E-state index in [2.05, 4.69) is 25.6 Å². The Kier molecular flexibility index (Phi) is 6.48. The van der Waals surface area contributed by atoms with Crippen LogP contribution in [-0.2, 0) is 11.3 Å². The number of hydrogen-bond donors (Lipinski definition) is 6. The van der Waals surface area contributed by atoms with Crippen molar-refractivity contribution in [3.05, 3.63) is 60.4 Å². The van der Waals surface area contributed by atoms with Crippen LogP contribution in [0.4, 0.5) is 22.0 Å². The molecule has 0 bridgehead atoms. The van der Waals surface area contributed by atoms with Gasteiger partial charge in [0.15, 0.2) is 17.3 Å². The number of benzene rings is 2. The lowest BCUT2D eigenvalue weighted by atomic mass is 10.2. The largest absolute Gasteiger partial charge is 0.394 e. The Balaban J connectivity index is 1.32. The number of imidazole rings is 1. The molecule has 0 radical (unpaired) electrons. The van der Waals surface area contributed by atoms with Crippen molar-refractivity contribution in [2.24, 2.45) is 0 Å². The maximum atomic E-state index is 12.3. The van der Waals surface area contributed by atoms with E-state index in [1.807, 2.05) is 0 Å². The number of hydrogen-bond acceptors (Lipinski definition) is 9. The van der Waals surface area contributed by atoms with E-state index in [-0.39, 0.29) is 25.5 Å². The van der Waals surface area contributed by atoms with E-state index in [0.717, 1.165) is 5.56 Å². The van der Waals surface area contributed by atoms with Gasteiger partial charge in [-0.05, 0) is 42.0 Å². The third-order valence-corrected chi connectivity index (χ3v) is 5.94. The summed E-state index contributed by atoms with van der Waals surface area (Å²) in [6.45, 7) is -0.355. The number of aromatic nitrogens is 4. The van der Waals surface area contributed by atoms with Gasteiger partial charge in [0.1, 0.15) is 17.8 Å². The van der Waals surface area contributed by atoms with Gasteiger partial charge >= 0.3 is 6.03 Å². The molecule has 0 aliphatic carbocycles. The number of ether oxygens (including phenoxy) is 1. The van der Waals surface area contributed by atoms with Crippen LogP contribution in [0, 0.1) is 0 Å². The highest BCUT2D eigenvalue weighted by Crippen LogP contribution is 2.32. The molecule has 4 aromatic rings. The summed E-state index contributed by atoms with van der Waals surface area (Å²) in [6.07, 6.45) is -0.213. The van der Waals surface area contributed by atoms with Gasteiger partial charge in [-0.3, -0.25) is 4.57 Å². The Hall–Kier alpha value is -4.10. The first-order valence-corrected chi connectivity index (χ1v) is 11.3. The molecule has 2 amide bonds. The molecule has 7 N–H and O–H groups in total. The summed E-state index contributed by atoms with van der Waals surface area (Å²) in [6, 6.07) is 13.4. The Labute approximate surface area is 205 Å². The van der Waals surface area contributed by atoms with Crippen molar-refractivity contribution in [3.8, 4) is 11.4 Å². The number of carbonyl (C=O) groups excluding carboxylic acids is 1. The van der Waals surface area contributed by atoms with E-state index in [4.69, 9.17) is 15.6 Å². The van der Waals surface area contributed by atoms with Gasteiger partial charge in [-0.1, -0.05) is 12.1 Å². The average molecular weight is 492 g/mol. The van der Waals surface area contributed by atoms with Crippen molar-refractivity contribution in [1.29, 1.82) is 0 Å². The molecule has 12 heteroatoms. The third-order valence-electron chi connectivity index (χ3n) is 5.94. The lowest BCUT2D eigenvalue weighted by Gasteiger charge is -2.14. The molecule has 0 unspecified atom stereocenters. The summed E-state index contributed by atoms with van der Waals surface area (Å²) in [5.41, 5.74) is 9.57. The first-order chi connectivity index (χ1) is 17.4. The van der Waals surface area contributed by atoms with Crippen LogP contribution in [0.3, 0.4) is 0 Å². The highest BCUT2D eigenvalue weighted by molar-refractivity contribution is 5.99. The lowest BCUT2D eigenvalue weighted by molar-refractivity contribution is -0.0432. The normalized spacial score (nSPS) is 19.5. The predicted molar refractivity (Wildman–Crippen MR) is 132 cm³/mol.